The number of carbonyl (C=O) groups is 1. The van der Waals surface area contributed by atoms with Gasteiger partial charge < -0.3 is 10.8 Å². The maximum Gasteiger partial charge on any atom is 0.303 e. The van der Waals surface area contributed by atoms with Crippen LogP contribution in [0.3, 0.4) is 0 Å². The van der Waals surface area contributed by atoms with Crippen LogP contribution in [0.1, 0.15) is 20.3 Å². The molecule has 0 heterocycles. The molecule has 1 atom stereocenters. The molecule has 0 aliphatic carbocycles. The second kappa shape index (κ2) is 7.13. The third kappa shape index (κ3) is 7.57. The Morgan fingerprint density at radius 1 is 1.58 bits per heavy atom. The van der Waals surface area contributed by atoms with E-state index in [1.807, 2.05) is 19.9 Å². The lowest BCUT2D eigenvalue weighted by atomic mass is 10.0. The van der Waals surface area contributed by atoms with Crippen molar-refractivity contribution in [3.63, 3.8) is 0 Å². The number of carboxylic acid groups (broad SMARTS) is 1. The van der Waals surface area contributed by atoms with Gasteiger partial charge in [0.15, 0.2) is 0 Å². The van der Waals surface area contributed by atoms with Crippen molar-refractivity contribution in [2.75, 3.05) is 6.54 Å². The van der Waals surface area contributed by atoms with Crippen molar-refractivity contribution in [3.05, 3.63) is 11.6 Å². The highest BCUT2D eigenvalue weighted by atomic mass is 35.5. The fraction of sp³-hybridized carbons (Fsp3) is 0.625. The average molecular weight is 194 g/mol. The van der Waals surface area contributed by atoms with Crippen LogP contribution >= 0.6 is 12.4 Å². The maximum atomic E-state index is 10.3. The molecule has 72 valence electrons. The van der Waals surface area contributed by atoms with E-state index in [9.17, 15) is 4.79 Å². The number of nitrogens with two attached hydrogens (primary N) is 1. The van der Waals surface area contributed by atoms with Crippen molar-refractivity contribution < 1.29 is 9.90 Å². The highest BCUT2D eigenvalue weighted by Gasteiger charge is 2.07. The highest BCUT2D eigenvalue weighted by molar-refractivity contribution is 5.85. The van der Waals surface area contributed by atoms with Crippen molar-refractivity contribution in [2.45, 2.75) is 20.3 Å². The largest absolute Gasteiger partial charge is 0.481 e. The van der Waals surface area contributed by atoms with Crippen LogP contribution in [-0.2, 0) is 4.79 Å². The van der Waals surface area contributed by atoms with Crippen molar-refractivity contribution in [2.24, 2.45) is 11.7 Å². The molecule has 0 bridgehead atoms. The van der Waals surface area contributed by atoms with Gasteiger partial charge in [-0.25, -0.2) is 0 Å². The minimum Gasteiger partial charge on any atom is -0.481 e. The Labute approximate surface area is 79.1 Å². The smallest absolute Gasteiger partial charge is 0.303 e. The number of halogens is 1. The second-order valence-electron chi connectivity index (χ2n) is 2.84. The summed E-state index contributed by atoms with van der Waals surface area (Å²) in [6.07, 6.45) is 2.02. The summed E-state index contributed by atoms with van der Waals surface area (Å²) < 4.78 is 0. The number of allylic oxidation sites excluding steroid dienone is 1. The van der Waals surface area contributed by atoms with Gasteiger partial charge in [0.25, 0.3) is 0 Å². The predicted molar refractivity (Wildman–Crippen MR) is 51.5 cm³/mol. The molecule has 4 heteroatoms. The zero-order valence-corrected chi connectivity index (χ0v) is 8.23. The summed E-state index contributed by atoms with van der Waals surface area (Å²) in [6, 6.07) is 0. The maximum absolute atomic E-state index is 10.3. The van der Waals surface area contributed by atoms with Gasteiger partial charge in [-0.3, -0.25) is 4.79 Å². The molecule has 0 aromatic heterocycles. The first-order chi connectivity index (χ1) is 5.06. The van der Waals surface area contributed by atoms with Crippen LogP contribution in [0.25, 0.3) is 0 Å². The van der Waals surface area contributed by atoms with E-state index in [2.05, 4.69) is 0 Å². The lowest BCUT2D eigenvalue weighted by Gasteiger charge is -2.06. The molecule has 0 saturated heterocycles. The molecule has 0 aliphatic heterocycles. The SMILES string of the molecule is CC(C)=C[C@H](CN)CC(=O)O.Cl. The van der Waals surface area contributed by atoms with Crippen LogP contribution in [-0.4, -0.2) is 17.6 Å². The quantitative estimate of drug-likeness (QED) is 0.664. The Bertz CT molecular complexity index is 164. The van der Waals surface area contributed by atoms with E-state index in [-0.39, 0.29) is 24.7 Å². The summed E-state index contributed by atoms with van der Waals surface area (Å²) in [7, 11) is 0. The van der Waals surface area contributed by atoms with E-state index in [1.54, 1.807) is 0 Å². The number of hydrogen-bond acceptors (Lipinski definition) is 2. The lowest BCUT2D eigenvalue weighted by Crippen LogP contribution is -2.16. The summed E-state index contributed by atoms with van der Waals surface area (Å²) in [5, 5.41) is 8.44. The van der Waals surface area contributed by atoms with Gasteiger partial charge in [-0.2, -0.15) is 0 Å². The first-order valence-electron chi connectivity index (χ1n) is 3.63. The van der Waals surface area contributed by atoms with Gasteiger partial charge in [0.05, 0.1) is 6.42 Å². The zero-order valence-electron chi connectivity index (χ0n) is 7.41. The molecular formula is C8H16ClNO2. The number of carboxylic acids is 1. The van der Waals surface area contributed by atoms with Gasteiger partial charge in [-0.15, -0.1) is 12.4 Å². The molecule has 0 rings (SSSR count). The average Bonchev–Trinajstić information content (AvgIpc) is 1.84. The van der Waals surface area contributed by atoms with Crippen molar-refractivity contribution >= 4 is 18.4 Å². The van der Waals surface area contributed by atoms with Crippen LogP contribution in [0, 0.1) is 5.92 Å². The molecule has 0 fully saturated rings. The summed E-state index contributed by atoms with van der Waals surface area (Å²) in [5.74, 6) is -0.810. The van der Waals surface area contributed by atoms with Crippen LogP contribution < -0.4 is 5.73 Å². The normalized spacial score (nSPS) is 11.2. The molecule has 3 nitrogen and oxygen atoms in total. The Morgan fingerprint density at radius 3 is 2.33 bits per heavy atom. The molecule has 0 aromatic carbocycles. The molecule has 0 aliphatic rings. The lowest BCUT2D eigenvalue weighted by molar-refractivity contribution is -0.137. The van der Waals surface area contributed by atoms with Gasteiger partial charge >= 0.3 is 5.97 Å². The van der Waals surface area contributed by atoms with E-state index >= 15 is 0 Å². The molecule has 0 amide bonds. The van der Waals surface area contributed by atoms with Crippen LogP contribution in [0.4, 0.5) is 0 Å². The third-order valence-electron chi connectivity index (χ3n) is 1.31. The van der Waals surface area contributed by atoms with E-state index in [0.717, 1.165) is 5.57 Å². The minimum atomic E-state index is -0.794. The molecule has 0 spiro atoms. The standard InChI is InChI=1S/C8H15NO2.ClH/c1-6(2)3-7(5-9)4-8(10)11;/h3,7H,4-5,9H2,1-2H3,(H,10,11);1H/t7-;/m0./s1. The van der Waals surface area contributed by atoms with Crippen LogP contribution in [0.5, 0.6) is 0 Å². The third-order valence-corrected chi connectivity index (χ3v) is 1.31. The topological polar surface area (TPSA) is 63.3 Å². The number of rotatable bonds is 4. The molecule has 0 aromatic rings. The van der Waals surface area contributed by atoms with Gasteiger partial charge in [0, 0.05) is 0 Å². The van der Waals surface area contributed by atoms with Gasteiger partial charge in [0.1, 0.15) is 0 Å². The van der Waals surface area contributed by atoms with Crippen LogP contribution in [0.15, 0.2) is 11.6 Å². The molecular weight excluding hydrogens is 178 g/mol. The number of hydrogen-bond donors (Lipinski definition) is 2. The number of aliphatic carboxylic acids is 1. The molecule has 12 heavy (non-hydrogen) atoms. The van der Waals surface area contributed by atoms with E-state index in [4.69, 9.17) is 10.8 Å². The summed E-state index contributed by atoms with van der Waals surface area (Å²) in [4.78, 5) is 10.3. The predicted octanol–water partition coefficient (Wildman–Crippen LogP) is 1.42. The molecule has 0 unspecified atom stereocenters. The van der Waals surface area contributed by atoms with Crippen molar-refractivity contribution in [1.29, 1.82) is 0 Å². The van der Waals surface area contributed by atoms with Crippen LogP contribution in [0.2, 0.25) is 0 Å². The Kier molecular flexibility index (Phi) is 8.32. The van der Waals surface area contributed by atoms with Gasteiger partial charge in [0.2, 0.25) is 0 Å². The van der Waals surface area contributed by atoms with Crippen molar-refractivity contribution in [1.82, 2.24) is 0 Å². The molecule has 0 radical (unpaired) electrons. The van der Waals surface area contributed by atoms with Gasteiger partial charge in [-0.05, 0) is 26.3 Å². The first-order valence-corrected chi connectivity index (χ1v) is 3.63. The molecule has 0 saturated carbocycles. The second-order valence-corrected chi connectivity index (χ2v) is 2.84. The van der Waals surface area contributed by atoms with Crippen molar-refractivity contribution in [3.8, 4) is 0 Å². The first kappa shape index (κ1) is 14.0. The van der Waals surface area contributed by atoms with Gasteiger partial charge in [-0.1, -0.05) is 11.6 Å². The fourth-order valence-electron chi connectivity index (χ4n) is 0.906. The summed E-state index contributed by atoms with van der Waals surface area (Å²) >= 11 is 0. The Balaban J connectivity index is 0. The van der Waals surface area contributed by atoms with E-state index in [1.165, 1.54) is 0 Å². The Hall–Kier alpha value is -0.540. The Morgan fingerprint density at radius 2 is 2.08 bits per heavy atom. The van der Waals surface area contributed by atoms with E-state index < -0.39 is 5.97 Å². The molecule has 3 N–H and O–H groups in total. The minimum absolute atomic E-state index is 0. The highest BCUT2D eigenvalue weighted by Crippen LogP contribution is 2.06. The zero-order chi connectivity index (χ0) is 8.85. The fourth-order valence-corrected chi connectivity index (χ4v) is 0.906. The van der Waals surface area contributed by atoms with E-state index in [0.29, 0.717) is 6.54 Å². The summed E-state index contributed by atoms with van der Waals surface area (Å²) in [6.45, 7) is 4.27. The summed E-state index contributed by atoms with van der Waals surface area (Å²) in [5.41, 5.74) is 6.47. The monoisotopic (exact) mass is 193 g/mol.